The average molecular weight is 520 g/mol. The van der Waals surface area contributed by atoms with Crippen LogP contribution in [0.5, 0.6) is 5.75 Å². The van der Waals surface area contributed by atoms with Gasteiger partial charge in [-0.3, -0.25) is 9.05 Å². The third-order valence-electron chi connectivity index (χ3n) is 5.73. The molecule has 6 nitrogen and oxygen atoms in total. The molecule has 4 rings (SSSR count). The van der Waals surface area contributed by atoms with Crippen LogP contribution < -0.4 is 10.5 Å². The maximum atomic E-state index is 11.6. The quantitative estimate of drug-likeness (QED) is 0.332. The zero-order valence-electron chi connectivity index (χ0n) is 18.7. The summed E-state index contributed by atoms with van der Waals surface area (Å²) >= 11 is 8.26. The number of benzene rings is 3. The van der Waals surface area contributed by atoms with E-state index in [1.54, 1.807) is 11.8 Å². The minimum absolute atomic E-state index is 0.0815. The number of halogens is 1. The van der Waals surface area contributed by atoms with Gasteiger partial charge in [0.15, 0.2) is 0 Å². The third kappa shape index (κ3) is 6.23. The maximum Gasteiger partial charge on any atom is 0.472 e. The lowest BCUT2D eigenvalue weighted by atomic mass is 9.79. The number of hydrogen-bond acceptors (Lipinski definition) is 6. The molecule has 1 atom stereocenters. The van der Waals surface area contributed by atoms with Crippen LogP contribution in [0.25, 0.3) is 0 Å². The molecular weight excluding hydrogens is 493 g/mol. The second kappa shape index (κ2) is 10.8. The molecule has 0 bridgehead atoms. The van der Waals surface area contributed by atoms with Crippen LogP contribution in [0.15, 0.2) is 82.6 Å². The second-order valence-corrected chi connectivity index (χ2v) is 11.3. The minimum atomic E-state index is -4.02. The standard InChI is InChI=1S/C25H27ClNO5PS/c1-2-23(25(27)16-31-33(28,29)32-17-25)22-12-11-21(14-24(22)26)34-20-10-6-9-19(13-20)30-15-18-7-4-3-5-8-18/h3-14,23H,2,15-17,27H2,1H3,(H,28,29). The van der Waals surface area contributed by atoms with E-state index in [4.69, 9.17) is 31.1 Å². The monoisotopic (exact) mass is 519 g/mol. The topological polar surface area (TPSA) is 91.0 Å². The summed E-state index contributed by atoms with van der Waals surface area (Å²) in [5.41, 5.74) is 7.55. The molecule has 0 aromatic heterocycles. The normalized spacial score (nSPS) is 23.4. The number of ether oxygens (including phenoxy) is 1. The first-order valence-corrected chi connectivity index (χ1v) is 13.6. The van der Waals surface area contributed by atoms with Gasteiger partial charge < -0.3 is 15.4 Å². The summed E-state index contributed by atoms with van der Waals surface area (Å²) in [5, 5.41) is 0.580. The summed E-state index contributed by atoms with van der Waals surface area (Å²) in [7, 11) is -4.02. The van der Waals surface area contributed by atoms with Crippen molar-refractivity contribution in [3.05, 3.63) is 88.9 Å². The Labute approximate surface area is 209 Å². The molecule has 34 heavy (non-hydrogen) atoms. The molecule has 9 heteroatoms. The molecule has 1 fully saturated rings. The number of phosphoric ester groups is 1. The van der Waals surface area contributed by atoms with E-state index >= 15 is 0 Å². The molecule has 0 aliphatic carbocycles. The van der Waals surface area contributed by atoms with Crippen LogP contribution in [0.2, 0.25) is 5.02 Å². The lowest BCUT2D eigenvalue weighted by molar-refractivity contribution is 0.0275. The zero-order chi connectivity index (χ0) is 24.2. The van der Waals surface area contributed by atoms with Crippen LogP contribution in [0, 0.1) is 0 Å². The van der Waals surface area contributed by atoms with Gasteiger partial charge in [-0.1, -0.05) is 72.8 Å². The van der Waals surface area contributed by atoms with Gasteiger partial charge in [0.05, 0.1) is 18.8 Å². The van der Waals surface area contributed by atoms with Crippen molar-refractivity contribution in [2.75, 3.05) is 13.2 Å². The molecule has 0 amide bonds. The molecule has 3 N–H and O–H groups in total. The van der Waals surface area contributed by atoms with Crippen LogP contribution >= 0.6 is 31.2 Å². The van der Waals surface area contributed by atoms with E-state index in [1.807, 2.05) is 79.7 Å². The minimum Gasteiger partial charge on any atom is -0.489 e. The van der Waals surface area contributed by atoms with Gasteiger partial charge in [-0.15, -0.1) is 0 Å². The highest BCUT2D eigenvalue weighted by molar-refractivity contribution is 7.99. The van der Waals surface area contributed by atoms with Crippen LogP contribution in [0.4, 0.5) is 0 Å². The molecule has 1 saturated heterocycles. The predicted molar refractivity (Wildman–Crippen MR) is 134 cm³/mol. The Balaban J connectivity index is 1.45. The van der Waals surface area contributed by atoms with Gasteiger partial charge in [0.1, 0.15) is 12.4 Å². The molecule has 1 aliphatic rings. The van der Waals surface area contributed by atoms with E-state index in [0.29, 0.717) is 18.1 Å². The van der Waals surface area contributed by atoms with Gasteiger partial charge in [0.2, 0.25) is 0 Å². The highest BCUT2D eigenvalue weighted by atomic mass is 35.5. The van der Waals surface area contributed by atoms with E-state index in [-0.39, 0.29) is 19.1 Å². The van der Waals surface area contributed by atoms with Crippen LogP contribution in [0.1, 0.15) is 30.4 Å². The maximum absolute atomic E-state index is 11.6. The van der Waals surface area contributed by atoms with Crippen molar-refractivity contribution in [2.45, 2.75) is 41.2 Å². The average Bonchev–Trinajstić information content (AvgIpc) is 2.83. The molecular formula is C25H27ClNO5PS. The van der Waals surface area contributed by atoms with Gasteiger partial charge >= 0.3 is 7.82 Å². The molecule has 3 aromatic carbocycles. The molecule has 1 heterocycles. The first-order chi connectivity index (χ1) is 16.3. The Hall–Kier alpha value is -1.83. The first kappa shape index (κ1) is 25.3. The summed E-state index contributed by atoms with van der Waals surface area (Å²) in [5.74, 6) is 0.597. The molecule has 180 valence electrons. The van der Waals surface area contributed by atoms with Gasteiger partial charge in [-0.2, -0.15) is 0 Å². The van der Waals surface area contributed by atoms with Crippen molar-refractivity contribution in [1.29, 1.82) is 0 Å². The van der Waals surface area contributed by atoms with E-state index < -0.39 is 13.4 Å². The fourth-order valence-corrected chi connectivity index (χ4v) is 6.14. The lowest BCUT2D eigenvalue weighted by Crippen LogP contribution is -2.55. The summed E-state index contributed by atoms with van der Waals surface area (Å²) < 4.78 is 27.5. The fraction of sp³-hybridized carbons (Fsp3) is 0.280. The van der Waals surface area contributed by atoms with Crippen LogP contribution in [-0.4, -0.2) is 23.6 Å². The molecule has 0 saturated carbocycles. The summed E-state index contributed by atoms with van der Waals surface area (Å²) in [6.45, 7) is 2.34. The third-order valence-corrected chi connectivity index (χ3v) is 7.95. The van der Waals surface area contributed by atoms with E-state index in [1.165, 1.54) is 0 Å². The highest BCUT2D eigenvalue weighted by Gasteiger charge is 2.44. The van der Waals surface area contributed by atoms with Crippen LogP contribution in [0.3, 0.4) is 0 Å². The molecule has 1 unspecified atom stereocenters. The summed E-state index contributed by atoms with van der Waals surface area (Å²) in [6.07, 6.45) is 0.673. The summed E-state index contributed by atoms with van der Waals surface area (Å²) in [6, 6.07) is 23.8. The molecule has 1 aliphatic heterocycles. The number of phosphoric acid groups is 1. The zero-order valence-corrected chi connectivity index (χ0v) is 21.2. The number of hydrogen-bond donors (Lipinski definition) is 2. The SMILES string of the molecule is CCC(c1ccc(Sc2cccc(OCc3ccccc3)c2)cc1Cl)C1(N)COP(=O)(O)OC1. The van der Waals surface area contributed by atoms with Crippen molar-refractivity contribution >= 4 is 31.2 Å². The lowest BCUT2D eigenvalue weighted by Gasteiger charge is -2.40. The molecule has 0 radical (unpaired) electrons. The molecule has 0 spiro atoms. The fourth-order valence-electron chi connectivity index (χ4n) is 3.98. The first-order valence-electron chi connectivity index (χ1n) is 10.9. The van der Waals surface area contributed by atoms with Crippen LogP contribution in [-0.2, 0) is 20.2 Å². The van der Waals surface area contributed by atoms with E-state index in [2.05, 4.69) is 0 Å². The van der Waals surface area contributed by atoms with E-state index in [0.717, 1.165) is 26.7 Å². The van der Waals surface area contributed by atoms with Gasteiger partial charge in [0, 0.05) is 20.7 Å². The van der Waals surface area contributed by atoms with Gasteiger partial charge in [-0.05, 0) is 47.9 Å². The smallest absolute Gasteiger partial charge is 0.472 e. The van der Waals surface area contributed by atoms with Gasteiger partial charge in [0.25, 0.3) is 0 Å². The molecule has 3 aromatic rings. The Bertz CT molecular complexity index is 1170. The number of rotatable bonds is 8. The van der Waals surface area contributed by atoms with Crippen molar-refractivity contribution in [3.63, 3.8) is 0 Å². The van der Waals surface area contributed by atoms with Crippen molar-refractivity contribution in [3.8, 4) is 5.75 Å². The highest BCUT2D eigenvalue weighted by Crippen LogP contribution is 2.50. The van der Waals surface area contributed by atoms with Crippen molar-refractivity contribution < 1.29 is 23.2 Å². The predicted octanol–water partition coefficient (Wildman–Crippen LogP) is 6.41. The largest absolute Gasteiger partial charge is 0.489 e. The second-order valence-electron chi connectivity index (χ2n) is 8.24. The van der Waals surface area contributed by atoms with Crippen molar-refractivity contribution in [1.82, 2.24) is 0 Å². The Kier molecular flexibility index (Phi) is 8.05. The Morgan fingerprint density at radius 2 is 1.79 bits per heavy atom. The Morgan fingerprint density at radius 1 is 1.09 bits per heavy atom. The Morgan fingerprint density at radius 3 is 2.47 bits per heavy atom. The summed E-state index contributed by atoms with van der Waals surface area (Å²) in [4.78, 5) is 11.5. The van der Waals surface area contributed by atoms with Gasteiger partial charge in [-0.25, -0.2) is 4.57 Å². The number of nitrogens with two attached hydrogens (primary N) is 1. The van der Waals surface area contributed by atoms with Crippen molar-refractivity contribution in [2.24, 2.45) is 5.73 Å². The van der Waals surface area contributed by atoms with E-state index in [9.17, 15) is 9.46 Å².